The van der Waals surface area contributed by atoms with E-state index in [1.54, 1.807) is 0 Å². The largest absolute Gasteiger partial charge is 0.329 e. The highest BCUT2D eigenvalue weighted by molar-refractivity contribution is 5.03. The predicted molar refractivity (Wildman–Crippen MR) is 74.0 cm³/mol. The number of nitrogens with two attached hydrogens (primary N) is 1. The molecule has 1 heterocycles. The normalized spacial score (nSPS) is 28.1. The van der Waals surface area contributed by atoms with Gasteiger partial charge >= 0.3 is 0 Å². The standard InChI is InChI=1S/C15H30N2/c1-13(2)9-14(3,10-16)17-11-15(12-17)7-5-4-6-8-15/h13H,4-12,16H2,1-3H3. The number of hydrogen-bond donors (Lipinski definition) is 1. The van der Waals surface area contributed by atoms with Crippen LogP contribution < -0.4 is 5.73 Å². The van der Waals surface area contributed by atoms with Gasteiger partial charge in [-0.25, -0.2) is 0 Å². The van der Waals surface area contributed by atoms with Crippen LogP contribution in [-0.4, -0.2) is 30.1 Å². The topological polar surface area (TPSA) is 29.3 Å². The summed E-state index contributed by atoms with van der Waals surface area (Å²) in [5.74, 6) is 0.742. The SMILES string of the molecule is CC(C)CC(C)(CN)N1CC2(CCCCC2)C1. The van der Waals surface area contributed by atoms with E-state index in [0.29, 0.717) is 5.41 Å². The van der Waals surface area contributed by atoms with Gasteiger partial charge in [-0.2, -0.15) is 0 Å². The highest BCUT2D eigenvalue weighted by atomic mass is 15.3. The monoisotopic (exact) mass is 238 g/mol. The van der Waals surface area contributed by atoms with Crippen molar-refractivity contribution in [1.29, 1.82) is 0 Å². The van der Waals surface area contributed by atoms with E-state index in [-0.39, 0.29) is 5.54 Å². The van der Waals surface area contributed by atoms with Gasteiger partial charge in [-0.15, -0.1) is 0 Å². The van der Waals surface area contributed by atoms with Gasteiger partial charge < -0.3 is 5.73 Å². The summed E-state index contributed by atoms with van der Waals surface area (Å²) in [6.07, 6.45) is 8.54. The summed E-state index contributed by atoms with van der Waals surface area (Å²) in [6, 6.07) is 0. The van der Waals surface area contributed by atoms with E-state index in [1.807, 2.05) is 0 Å². The van der Waals surface area contributed by atoms with Crippen LogP contribution in [0.4, 0.5) is 0 Å². The zero-order valence-corrected chi connectivity index (χ0v) is 12.0. The molecule has 0 aromatic carbocycles. The maximum atomic E-state index is 6.04. The highest BCUT2D eigenvalue weighted by Crippen LogP contribution is 2.47. The highest BCUT2D eigenvalue weighted by Gasteiger charge is 2.49. The number of likely N-dealkylation sites (tertiary alicyclic amines) is 1. The van der Waals surface area contributed by atoms with Crippen molar-refractivity contribution in [3.05, 3.63) is 0 Å². The van der Waals surface area contributed by atoms with Crippen molar-refractivity contribution in [3.8, 4) is 0 Å². The fourth-order valence-electron chi connectivity index (χ4n) is 3.98. The molecule has 2 nitrogen and oxygen atoms in total. The fraction of sp³-hybridized carbons (Fsp3) is 1.00. The summed E-state index contributed by atoms with van der Waals surface area (Å²) in [7, 11) is 0. The van der Waals surface area contributed by atoms with E-state index in [0.717, 1.165) is 12.5 Å². The Hall–Kier alpha value is -0.0800. The van der Waals surface area contributed by atoms with E-state index in [1.165, 1.54) is 51.6 Å². The van der Waals surface area contributed by atoms with Crippen molar-refractivity contribution in [2.75, 3.05) is 19.6 Å². The van der Waals surface area contributed by atoms with E-state index in [2.05, 4.69) is 25.7 Å². The molecular formula is C15H30N2. The van der Waals surface area contributed by atoms with Crippen molar-refractivity contribution < 1.29 is 0 Å². The first-order valence-electron chi connectivity index (χ1n) is 7.45. The third-order valence-corrected chi connectivity index (χ3v) is 5.02. The third kappa shape index (κ3) is 2.68. The van der Waals surface area contributed by atoms with Gasteiger partial charge in [0.15, 0.2) is 0 Å². The Labute approximate surface area is 107 Å². The van der Waals surface area contributed by atoms with Gasteiger partial charge in [-0.3, -0.25) is 4.90 Å². The molecule has 0 aromatic heterocycles. The first-order valence-corrected chi connectivity index (χ1v) is 7.45. The zero-order chi connectivity index (χ0) is 12.5. The van der Waals surface area contributed by atoms with Gasteiger partial charge in [-0.05, 0) is 37.5 Å². The summed E-state index contributed by atoms with van der Waals surface area (Å²) in [4.78, 5) is 2.66. The fourth-order valence-corrected chi connectivity index (χ4v) is 3.98. The third-order valence-electron chi connectivity index (χ3n) is 5.02. The molecule has 100 valence electrons. The second kappa shape index (κ2) is 4.89. The average molecular weight is 238 g/mol. The molecule has 2 aliphatic rings. The van der Waals surface area contributed by atoms with Crippen LogP contribution in [0.3, 0.4) is 0 Å². The lowest BCUT2D eigenvalue weighted by atomic mass is 9.66. The Balaban J connectivity index is 1.91. The van der Waals surface area contributed by atoms with E-state index >= 15 is 0 Å². The number of rotatable bonds is 4. The Bertz CT molecular complexity index is 248. The minimum atomic E-state index is 0.247. The molecule has 0 amide bonds. The van der Waals surface area contributed by atoms with E-state index < -0.39 is 0 Å². The molecule has 1 spiro atoms. The molecule has 1 unspecified atom stereocenters. The molecule has 2 fully saturated rings. The van der Waals surface area contributed by atoms with Crippen molar-refractivity contribution in [3.63, 3.8) is 0 Å². The van der Waals surface area contributed by atoms with Crippen LogP contribution in [-0.2, 0) is 0 Å². The Morgan fingerprint density at radius 1 is 1.18 bits per heavy atom. The number of hydrogen-bond acceptors (Lipinski definition) is 2. The van der Waals surface area contributed by atoms with Crippen LogP contribution in [0, 0.1) is 11.3 Å². The van der Waals surface area contributed by atoms with Gasteiger partial charge in [0.2, 0.25) is 0 Å². The molecule has 1 saturated carbocycles. The second-order valence-corrected chi connectivity index (χ2v) is 7.22. The van der Waals surface area contributed by atoms with E-state index in [9.17, 15) is 0 Å². The zero-order valence-electron chi connectivity index (χ0n) is 12.0. The van der Waals surface area contributed by atoms with Crippen molar-refractivity contribution in [2.45, 2.75) is 64.8 Å². The van der Waals surface area contributed by atoms with Crippen LogP contribution in [0.15, 0.2) is 0 Å². The van der Waals surface area contributed by atoms with E-state index in [4.69, 9.17) is 5.73 Å². The van der Waals surface area contributed by atoms with Crippen LogP contribution in [0.5, 0.6) is 0 Å². The maximum Gasteiger partial charge on any atom is 0.0306 e. The molecule has 0 radical (unpaired) electrons. The molecule has 0 bridgehead atoms. The molecule has 17 heavy (non-hydrogen) atoms. The lowest BCUT2D eigenvalue weighted by Crippen LogP contribution is -2.67. The van der Waals surface area contributed by atoms with Crippen molar-refractivity contribution >= 4 is 0 Å². The summed E-state index contributed by atoms with van der Waals surface area (Å²) < 4.78 is 0. The maximum absolute atomic E-state index is 6.04. The van der Waals surface area contributed by atoms with Crippen LogP contribution in [0.25, 0.3) is 0 Å². The lowest BCUT2D eigenvalue weighted by Gasteiger charge is -2.59. The van der Waals surface area contributed by atoms with Gasteiger partial charge in [0, 0.05) is 25.2 Å². The van der Waals surface area contributed by atoms with Crippen LogP contribution >= 0.6 is 0 Å². The average Bonchev–Trinajstić information content (AvgIpc) is 2.26. The number of nitrogens with zero attached hydrogens (tertiary/aromatic N) is 1. The summed E-state index contributed by atoms with van der Waals surface area (Å²) in [5.41, 5.74) is 6.98. The second-order valence-electron chi connectivity index (χ2n) is 7.22. The smallest absolute Gasteiger partial charge is 0.0306 e. The Kier molecular flexibility index (Phi) is 3.84. The molecule has 2 N–H and O–H groups in total. The molecule has 1 aliphatic carbocycles. The summed E-state index contributed by atoms with van der Waals surface area (Å²) in [6.45, 7) is 10.4. The first kappa shape index (κ1) is 13.4. The van der Waals surface area contributed by atoms with Crippen molar-refractivity contribution in [2.24, 2.45) is 17.1 Å². The van der Waals surface area contributed by atoms with Gasteiger partial charge in [0.1, 0.15) is 0 Å². The minimum Gasteiger partial charge on any atom is -0.329 e. The molecular weight excluding hydrogens is 208 g/mol. The molecule has 2 rings (SSSR count). The minimum absolute atomic E-state index is 0.247. The van der Waals surface area contributed by atoms with Crippen LogP contribution in [0.2, 0.25) is 0 Å². The van der Waals surface area contributed by atoms with Gasteiger partial charge in [0.05, 0.1) is 0 Å². The molecule has 1 atom stereocenters. The summed E-state index contributed by atoms with van der Waals surface area (Å²) >= 11 is 0. The predicted octanol–water partition coefficient (Wildman–Crippen LogP) is 3.02. The van der Waals surface area contributed by atoms with Gasteiger partial charge in [0.25, 0.3) is 0 Å². The Morgan fingerprint density at radius 3 is 2.24 bits per heavy atom. The summed E-state index contributed by atoms with van der Waals surface area (Å²) in [5, 5.41) is 0. The quantitative estimate of drug-likeness (QED) is 0.816. The molecule has 1 aliphatic heterocycles. The molecule has 1 saturated heterocycles. The molecule has 0 aromatic rings. The Morgan fingerprint density at radius 2 is 1.76 bits per heavy atom. The van der Waals surface area contributed by atoms with Gasteiger partial charge in [-0.1, -0.05) is 33.1 Å². The van der Waals surface area contributed by atoms with Crippen LogP contribution in [0.1, 0.15) is 59.3 Å². The first-order chi connectivity index (χ1) is 8.00. The molecule has 2 heteroatoms. The van der Waals surface area contributed by atoms with Crippen molar-refractivity contribution in [1.82, 2.24) is 4.90 Å². The lowest BCUT2D eigenvalue weighted by molar-refractivity contribution is -0.0933.